The molecule has 4 unspecified atom stereocenters. The third-order valence-electron chi connectivity index (χ3n) is 4.03. The van der Waals surface area contributed by atoms with Crippen LogP contribution in [0.1, 0.15) is 39.0 Å². The fourth-order valence-corrected chi connectivity index (χ4v) is 2.27. The Kier molecular flexibility index (Phi) is 11.9. The Morgan fingerprint density at radius 3 is 1.66 bits per heavy atom. The number of carboxylic acid groups (broad SMARTS) is 4. The topological polar surface area (TPSA) is 263 Å². The van der Waals surface area contributed by atoms with E-state index in [0.717, 1.165) is 6.92 Å². The normalized spacial score (nSPS) is 14.2. The standard InChI is InChI=1S/C17H26N4O11/c1-7(14(28)20-9(17(31)32)3-5-12(24)25)19-16(30)10(6-13(26)27)21-15(29)8(18)2-4-11(22)23/h7-10H,2-6,18H2,1H3,(H,19,30)(H,20,28)(H,21,29)(H,22,23)(H,24,25)(H,26,27)(H,31,32). The Morgan fingerprint density at radius 2 is 1.19 bits per heavy atom. The van der Waals surface area contributed by atoms with Gasteiger partial charge in [-0.1, -0.05) is 0 Å². The van der Waals surface area contributed by atoms with Gasteiger partial charge in [0, 0.05) is 12.8 Å². The minimum Gasteiger partial charge on any atom is -0.481 e. The summed E-state index contributed by atoms with van der Waals surface area (Å²) in [6, 6.07) is -5.90. The van der Waals surface area contributed by atoms with Gasteiger partial charge in [0.15, 0.2) is 0 Å². The van der Waals surface area contributed by atoms with Crippen LogP contribution in [0.5, 0.6) is 0 Å². The van der Waals surface area contributed by atoms with Crippen molar-refractivity contribution >= 4 is 41.6 Å². The summed E-state index contributed by atoms with van der Waals surface area (Å²) in [5, 5.41) is 41.5. The third kappa shape index (κ3) is 11.4. The molecule has 9 N–H and O–H groups in total. The number of hydrogen-bond donors (Lipinski definition) is 8. The Morgan fingerprint density at radius 1 is 0.688 bits per heavy atom. The molecule has 32 heavy (non-hydrogen) atoms. The lowest BCUT2D eigenvalue weighted by Crippen LogP contribution is -2.56. The van der Waals surface area contributed by atoms with Gasteiger partial charge in [0.25, 0.3) is 0 Å². The number of nitrogens with two attached hydrogens (primary N) is 1. The van der Waals surface area contributed by atoms with Crippen molar-refractivity contribution in [2.75, 3.05) is 0 Å². The quantitative estimate of drug-likeness (QED) is 0.122. The van der Waals surface area contributed by atoms with E-state index < -0.39 is 91.4 Å². The molecule has 15 heteroatoms. The van der Waals surface area contributed by atoms with Gasteiger partial charge < -0.3 is 42.1 Å². The van der Waals surface area contributed by atoms with Gasteiger partial charge >= 0.3 is 23.9 Å². The first-order valence-corrected chi connectivity index (χ1v) is 9.29. The Labute approximate surface area is 181 Å². The zero-order valence-corrected chi connectivity index (χ0v) is 17.1. The van der Waals surface area contributed by atoms with Gasteiger partial charge in [-0.3, -0.25) is 28.8 Å². The fourth-order valence-electron chi connectivity index (χ4n) is 2.27. The Bertz CT molecular complexity index is 755. The van der Waals surface area contributed by atoms with Crippen molar-refractivity contribution in [1.29, 1.82) is 0 Å². The molecule has 0 saturated carbocycles. The predicted octanol–water partition coefficient (Wildman–Crippen LogP) is -2.92. The summed E-state index contributed by atoms with van der Waals surface area (Å²) in [6.45, 7) is 1.15. The molecule has 0 aromatic carbocycles. The zero-order valence-electron chi connectivity index (χ0n) is 17.1. The van der Waals surface area contributed by atoms with Gasteiger partial charge in [-0.2, -0.15) is 0 Å². The largest absolute Gasteiger partial charge is 0.481 e. The molecule has 4 atom stereocenters. The number of amides is 3. The molecule has 0 rings (SSSR count). The van der Waals surface area contributed by atoms with E-state index in [9.17, 15) is 33.6 Å². The maximum absolute atomic E-state index is 12.4. The summed E-state index contributed by atoms with van der Waals surface area (Å²) < 4.78 is 0. The van der Waals surface area contributed by atoms with Crippen molar-refractivity contribution in [3.8, 4) is 0 Å². The van der Waals surface area contributed by atoms with E-state index in [-0.39, 0.29) is 6.42 Å². The van der Waals surface area contributed by atoms with Crippen molar-refractivity contribution in [1.82, 2.24) is 16.0 Å². The van der Waals surface area contributed by atoms with E-state index in [0.29, 0.717) is 0 Å². The average Bonchev–Trinajstić information content (AvgIpc) is 2.67. The SMILES string of the molecule is CC(NC(=O)C(CC(=O)O)NC(=O)C(N)CCC(=O)O)C(=O)NC(CCC(=O)O)C(=O)O. The maximum atomic E-state index is 12.4. The fraction of sp³-hybridized carbons (Fsp3) is 0.588. The number of hydrogen-bond acceptors (Lipinski definition) is 8. The van der Waals surface area contributed by atoms with Gasteiger partial charge in [0.2, 0.25) is 17.7 Å². The number of aliphatic carboxylic acids is 4. The van der Waals surface area contributed by atoms with Gasteiger partial charge in [-0.25, -0.2) is 4.79 Å². The lowest BCUT2D eigenvalue weighted by Gasteiger charge is -2.22. The second-order valence-electron chi connectivity index (χ2n) is 6.76. The molecule has 0 fully saturated rings. The van der Waals surface area contributed by atoms with E-state index in [1.165, 1.54) is 0 Å². The highest BCUT2D eigenvalue weighted by atomic mass is 16.4. The van der Waals surface area contributed by atoms with E-state index in [2.05, 4.69) is 10.6 Å². The lowest BCUT2D eigenvalue weighted by atomic mass is 10.1. The molecule has 180 valence electrons. The van der Waals surface area contributed by atoms with Crippen LogP contribution in [-0.2, 0) is 33.6 Å². The summed E-state index contributed by atoms with van der Waals surface area (Å²) in [4.78, 5) is 79.8. The Balaban J connectivity index is 5.07. The highest BCUT2D eigenvalue weighted by Gasteiger charge is 2.30. The van der Waals surface area contributed by atoms with Gasteiger partial charge in [-0.15, -0.1) is 0 Å². The molecule has 0 aliphatic carbocycles. The number of carbonyl (C=O) groups is 7. The lowest BCUT2D eigenvalue weighted by molar-refractivity contribution is -0.144. The highest BCUT2D eigenvalue weighted by Crippen LogP contribution is 2.02. The highest BCUT2D eigenvalue weighted by molar-refractivity contribution is 5.95. The van der Waals surface area contributed by atoms with Crippen LogP contribution in [0.2, 0.25) is 0 Å². The van der Waals surface area contributed by atoms with E-state index in [1.807, 2.05) is 5.32 Å². The molecule has 0 heterocycles. The summed E-state index contributed by atoms with van der Waals surface area (Å²) in [6.07, 6.45) is -2.54. The van der Waals surface area contributed by atoms with Crippen LogP contribution in [0.3, 0.4) is 0 Å². The predicted molar refractivity (Wildman–Crippen MR) is 103 cm³/mol. The third-order valence-corrected chi connectivity index (χ3v) is 4.03. The van der Waals surface area contributed by atoms with Crippen molar-refractivity contribution in [2.45, 2.75) is 63.2 Å². The summed E-state index contributed by atoms with van der Waals surface area (Å²) >= 11 is 0. The van der Waals surface area contributed by atoms with Crippen LogP contribution in [0.15, 0.2) is 0 Å². The first kappa shape index (κ1) is 28.2. The molecule has 0 aliphatic rings. The van der Waals surface area contributed by atoms with Gasteiger partial charge in [0.05, 0.1) is 12.5 Å². The van der Waals surface area contributed by atoms with Crippen LogP contribution in [-0.4, -0.2) is 86.2 Å². The minimum absolute atomic E-state index is 0.270. The number of rotatable bonds is 15. The van der Waals surface area contributed by atoms with Crippen LogP contribution >= 0.6 is 0 Å². The first-order valence-electron chi connectivity index (χ1n) is 9.29. The van der Waals surface area contributed by atoms with Crippen molar-refractivity contribution in [2.24, 2.45) is 5.73 Å². The van der Waals surface area contributed by atoms with Crippen LogP contribution in [0.25, 0.3) is 0 Å². The summed E-state index contributed by atoms with van der Waals surface area (Å²) in [5.41, 5.74) is 5.51. The van der Waals surface area contributed by atoms with Gasteiger partial charge in [-0.05, 0) is 19.8 Å². The maximum Gasteiger partial charge on any atom is 0.326 e. The molecular weight excluding hydrogens is 436 g/mol. The molecule has 0 aromatic heterocycles. The van der Waals surface area contributed by atoms with Crippen LogP contribution in [0.4, 0.5) is 0 Å². The second kappa shape index (κ2) is 13.5. The molecule has 0 aliphatic heterocycles. The van der Waals surface area contributed by atoms with Gasteiger partial charge in [0.1, 0.15) is 18.1 Å². The minimum atomic E-state index is -1.66. The molecule has 0 spiro atoms. The Hall–Kier alpha value is -3.75. The molecular formula is C17H26N4O11. The molecule has 0 aromatic rings. The van der Waals surface area contributed by atoms with Crippen molar-refractivity contribution < 1.29 is 54.0 Å². The van der Waals surface area contributed by atoms with Crippen LogP contribution in [0, 0.1) is 0 Å². The first-order chi connectivity index (χ1) is 14.7. The molecule has 3 amide bonds. The zero-order chi connectivity index (χ0) is 25.0. The molecule has 0 saturated heterocycles. The van der Waals surface area contributed by atoms with E-state index in [1.54, 1.807) is 0 Å². The number of carboxylic acids is 4. The monoisotopic (exact) mass is 462 g/mol. The van der Waals surface area contributed by atoms with Crippen molar-refractivity contribution in [3.05, 3.63) is 0 Å². The van der Waals surface area contributed by atoms with Crippen molar-refractivity contribution in [3.63, 3.8) is 0 Å². The van der Waals surface area contributed by atoms with E-state index >= 15 is 0 Å². The smallest absolute Gasteiger partial charge is 0.326 e. The molecule has 0 bridgehead atoms. The summed E-state index contributed by atoms with van der Waals surface area (Å²) in [5.74, 6) is -8.52. The number of carbonyl (C=O) groups excluding carboxylic acids is 3. The average molecular weight is 462 g/mol. The number of nitrogens with one attached hydrogen (secondary N) is 3. The van der Waals surface area contributed by atoms with E-state index in [4.69, 9.17) is 26.2 Å². The molecule has 0 radical (unpaired) electrons. The summed E-state index contributed by atoms with van der Waals surface area (Å²) in [7, 11) is 0. The molecule has 15 nitrogen and oxygen atoms in total. The van der Waals surface area contributed by atoms with Crippen LogP contribution < -0.4 is 21.7 Å². The second-order valence-corrected chi connectivity index (χ2v) is 6.76.